The fraction of sp³-hybridized carbons (Fsp3) is 0.188. The first kappa shape index (κ1) is 14.1. The Kier molecular flexibility index (Phi) is 4.35. The van der Waals surface area contributed by atoms with Crippen LogP contribution < -0.4 is 4.74 Å². The highest BCUT2D eigenvalue weighted by Crippen LogP contribution is 2.25. The van der Waals surface area contributed by atoms with E-state index < -0.39 is 11.9 Å². The SMILES string of the molecule is COc1cccc(C(Cc2ccc(F)cc2)C(=O)O)c1. The number of aliphatic carboxylic acids is 1. The molecule has 0 amide bonds. The van der Waals surface area contributed by atoms with E-state index in [9.17, 15) is 14.3 Å². The zero-order chi connectivity index (χ0) is 14.5. The number of methoxy groups -OCH3 is 1. The number of ether oxygens (including phenoxy) is 1. The first-order valence-corrected chi connectivity index (χ1v) is 6.21. The van der Waals surface area contributed by atoms with E-state index in [2.05, 4.69) is 0 Å². The van der Waals surface area contributed by atoms with Gasteiger partial charge in [-0.05, 0) is 41.8 Å². The molecule has 3 nitrogen and oxygen atoms in total. The highest BCUT2D eigenvalue weighted by atomic mass is 19.1. The highest BCUT2D eigenvalue weighted by molar-refractivity contribution is 5.76. The summed E-state index contributed by atoms with van der Waals surface area (Å²) in [4.78, 5) is 11.5. The van der Waals surface area contributed by atoms with Crippen LogP contribution >= 0.6 is 0 Å². The van der Waals surface area contributed by atoms with Crippen LogP contribution in [0.1, 0.15) is 17.0 Å². The van der Waals surface area contributed by atoms with Gasteiger partial charge in [-0.1, -0.05) is 24.3 Å². The standard InChI is InChI=1S/C16H15FO3/c1-20-14-4-2-3-12(10-14)15(16(18)19)9-11-5-7-13(17)8-6-11/h2-8,10,15H,9H2,1H3,(H,18,19). The molecule has 0 aromatic heterocycles. The molecule has 0 aliphatic rings. The van der Waals surface area contributed by atoms with E-state index in [4.69, 9.17) is 4.74 Å². The van der Waals surface area contributed by atoms with Gasteiger partial charge in [-0.25, -0.2) is 4.39 Å². The van der Waals surface area contributed by atoms with Crippen LogP contribution in [-0.2, 0) is 11.2 Å². The van der Waals surface area contributed by atoms with E-state index in [0.717, 1.165) is 5.56 Å². The van der Waals surface area contributed by atoms with Gasteiger partial charge >= 0.3 is 5.97 Å². The average molecular weight is 274 g/mol. The Morgan fingerprint density at radius 3 is 2.55 bits per heavy atom. The van der Waals surface area contributed by atoms with Crippen molar-refractivity contribution in [3.05, 3.63) is 65.5 Å². The first-order chi connectivity index (χ1) is 9.60. The van der Waals surface area contributed by atoms with Crippen LogP contribution in [0.2, 0.25) is 0 Å². The Bertz CT molecular complexity index is 593. The number of rotatable bonds is 5. The largest absolute Gasteiger partial charge is 0.497 e. The van der Waals surface area contributed by atoms with Crippen LogP contribution in [0.3, 0.4) is 0 Å². The van der Waals surface area contributed by atoms with E-state index in [1.165, 1.54) is 19.2 Å². The molecule has 2 rings (SSSR count). The second-order valence-corrected chi connectivity index (χ2v) is 4.50. The topological polar surface area (TPSA) is 46.5 Å². The van der Waals surface area contributed by atoms with E-state index in [1.54, 1.807) is 36.4 Å². The molecule has 1 atom stereocenters. The summed E-state index contributed by atoms with van der Waals surface area (Å²) >= 11 is 0. The molecule has 0 aliphatic heterocycles. The van der Waals surface area contributed by atoms with Crippen LogP contribution in [0.15, 0.2) is 48.5 Å². The Hall–Kier alpha value is -2.36. The first-order valence-electron chi connectivity index (χ1n) is 6.21. The monoisotopic (exact) mass is 274 g/mol. The summed E-state index contributed by atoms with van der Waals surface area (Å²) in [6.45, 7) is 0. The summed E-state index contributed by atoms with van der Waals surface area (Å²) in [5.74, 6) is -1.31. The van der Waals surface area contributed by atoms with Crippen molar-refractivity contribution in [1.29, 1.82) is 0 Å². The quantitative estimate of drug-likeness (QED) is 0.910. The van der Waals surface area contributed by atoms with Crippen LogP contribution in [0.25, 0.3) is 0 Å². The predicted molar refractivity (Wildman–Crippen MR) is 73.5 cm³/mol. The molecule has 104 valence electrons. The van der Waals surface area contributed by atoms with Gasteiger partial charge in [-0.2, -0.15) is 0 Å². The lowest BCUT2D eigenvalue weighted by Gasteiger charge is -2.14. The summed E-state index contributed by atoms with van der Waals surface area (Å²) < 4.78 is 18.0. The summed E-state index contributed by atoms with van der Waals surface area (Å²) in [6, 6.07) is 12.9. The van der Waals surface area contributed by atoms with Crippen LogP contribution in [0.4, 0.5) is 4.39 Å². The van der Waals surface area contributed by atoms with Gasteiger partial charge in [0.25, 0.3) is 0 Å². The molecule has 0 saturated carbocycles. The summed E-state index contributed by atoms with van der Waals surface area (Å²) in [7, 11) is 1.54. The third kappa shape index (κ3) is 3.35. The maximum absolute atomic E-state index is 12.9. The van der Waals surface area contributed by atoms with Crippen molar-refractivity contribution in [2.24, 2.45) is 0 Å². The number of halogens is 1. The Morgan fingerprint density at radius 2 is 1.95 bits per heavy atom. The van der Waals surface area contributed by atoms with Gasteiger partial charge in [0.2, 0.25) is 0 Å². The lowest BCUT2D eigenvalue weighted by Crippen LogP contribution is -2.14. The number of carbonyl (C=O) groups is 1. The van der Waals surface area contributed by atoms with Gasteiger partial charge in [-0.15, -0.1) is 0 Å². The molecular weight excluding hydrogens is 259 g/mol. The molecule has 4 heteroatoms. The van der Waals surface area contributed by atoms with Crippen LogP contribution in [0, 0.1) is 5.82 Å². The van der Waals surface area contributed by atoms with Crippen molar-refractivity contribution in [3.63, 3.8) is 0 Å². The minimum Gasteiger partial charge on any atom is -0.497 e. The van der Waals surface area contributed by atoms with Gasteiger partial charge in [0.1, 0.15) is 11.6 Å². The summed E-state index contributed by atoms with van der Waals surface area (Å²) in [5.41, 5.74) is 1.45. The van der Waals surface area contributed by atoms with Crippen molar-refractivity contribution in [2.75, 3.05) is 7.11 Å². The number of hydrogen-bond acceptors (Lipinski definition) is 2. The summed E-state index contributed by atoms with van der Waals surface area (Å²) in [6.07, 6.45) is 0.308. The molecule has 0 spiro atoms. The zero-order valence-electron chi connectivity index (χ0n) is 11.0. The molecule has 0 saturated heterocycles. The second kappa shape index (κ2) is 6.19. The molecular formula is C16H15FO3. The minimum atomic E-state index is -0.914. The number of carboxylic acid groups (broad SMARTS) is 1. The second-order valence-electron chi connectivity index (χ2n) is 4.50. The normalized spacial score (nSPS) is 11.9. The van der Waals surface area contributed by atoms with Gasteiger partial charge in [0.15, 0.2) is 0 Å². The third-order valence-corrected chi connectivity index (χ3v) is 3.15. The van der Waals surface area contributed by atoms with E-state index in [1.807, 2.05) is 0 Å². The molecule has 2 aromatic carbocycles. The Balaban J connectivity index is 2.26. The Labute approximate surface area is 116 Å². The maximum atomic E-state index is 12.9. The van der Waals surface area contributed by atoms with Crippen molar-refractivity contribution in [2.45, 2.75) is 12.3 Å². The average Bonchev–Trinajstić information content (AvgIpc) is 2.46. The van der Waals surface area contributed by atoms with Gasteiger partial charge in [0, 0.05) is 0 Å². The van der Waals surface area contributed by atoms with E-state index >= 15 is 0 Å². The molecule has 0 fully saturated rings. The van der Waals surface area contributed by atoms with E-state index in [-0.39, 0.29) is 5.82 Å². The molecule has 1 unspecified atom stereocenters. The van der Waals surface area contributed by atoms with Crippen molar-refractivity contribution < 1.29 is 19.0 Å². The predicted octanol–water partition coefficient (Wildman–Crippen LogP) is 3.25. The molecule has 1 N–H and O–H groups in total. The van der Waals surface area contributed by atoms with Crippen LogP contribution in [-0.4, -0.2) is 18.2 Å². The fourth-order valence-electron chi connectivity index (χ4n) is 2.06. The highest BCUT2D eigenvalue weighted by Gasteiger charge is 2.20. The molecule has 0 heterocycles. The summed E-state index contributed by atoms with van der Waals surface area (Å²) in [5, 5.41) is 9.39. The van der Waals surface area contributed by atoms with Gasteiger partial charge in [-0.3, -0.25) is 4.79 Å². The minimum absolute atomic E-state index is 0.308. The van der Waals surface area contributed by atoms with E-state index in [0.29, 0.717) is 17.7 Å². The zero-order valence-corrected chi connectivity index (χ0v) is 11.0. The number of hydrogen-bond donors (Lipinski definition) is 1. The number of carboxylic acids is 1. The van der Waals surface area contributed by atoms with Crippen LogP contribution in [0.5, 0.6) is 5.75 Å². The molecule has 20 heavy (non-hydrogen) atoms. The molecule has 0 radical (unpaired) electrons. The van der Waals surface area contributed by atoms with Crippen molar-refractivity contribution in [1.82, 2.24) is 0 Å². The number of benzene rings is 2. The molecule has 0 bridgehead atoms. The molecule has 0 aliphatic carbocycles. The van der Waals surface area contributed by atoms with Gasteiger partial charge in [0.05, 0.1) is 13.0 Å². The maximum Gasteiger partial charge on any atom is 0.311 e. The third-order valence-electron chi connectivity index (χ3n) is 3.15. The lowest BCUT2D eigenvalue weighted by atomic mass is 9.92. The van der Waals surface area contributed by atoms with Crippen molar-refractivity contribution >= 4 is 5.97 Å². The lowest BCUT2D eigenvalue weighted by molar-refractivity contribution is -0.138. The fourth-order valence-corrected chi connectivity index (χ4v) is 2.06. The molecule has 2 aromatic rings. The smallest absolute Gasteiger partial charge is 0.311 e. The van der Waals surface area contributed by atoms with Crippen molar-refractivity contribution in [3.8, 4) is 5.75 Å². The van der Waals surface area contributed by atoms with Gasteiger partial charge < -0.3 is 9.84 Å². The Morgan fingerprint density at radius 1 is 1.25 bits per heavy atom.